The van der Waals surface area contributed by atoms with Gasteiger partial charge in [-0.25, -0.2) is 4.98 Å². The second-order valence-corrected chi connectivity index (χ2v) is 4.29. The Morgan fingerprint density at radius 2 is 2.00 bits per heavy atom. The minimum Gasteiger partial charge on any atom is -0.497 e. The van der Waals surface area contributed by atoms with Gasteiger partial charge in [0, 0.05) is 12.2 Å². The summed E-state index contributed by atoms with van der Waals surface area (Å²) in [5.74, 6) is 6.98. The highest BCUT2D eigenvalue weighted by Crippen LogP contribution is 2.21. The van der Waals surface area contributed by atoms with E-state index in [0.717, 1.165) is 23.3 Å². The molecule has 5 heteroatoms. The Bertz CT molecular complexity index is 527. The number of hydrazine groups is 1. The molecule has 0 bridgehead atoms. The largest absolute Gasteiger partial charge is 0.497 e. The van der Waals surface area contributed by atoms with E-state index in [4.69, 9.17) is 16.3 Å². The molecule has 1 aromatic heterocycles. The zero-order valence-corrected chi connectivity index (χ0v) is 10.8. The van der Waals surface area contributed by atoms with Crippen molar-refractivity contribution in [1.82, 2.24) is 10.4 Å². The van der Waals surface area contributed by atoms with E-state index in [1.165, 1.54) is 0 Å². The van der Waals surface area contributed by atoms with Crippen LogP contribution in [0, 0.1) is 0 Å². The minimum atomic E-state index is 0.0210. The number of nitrogen functional groups attached to an aromatic ring is 1. The molecular weight excluding hydrogens is 240 g/mol. The molecular formula is C14H18N4O. The summed E-state index contributed by atoms with van der Waals surface area (Å²) in [5.41, 5.74) is 10.7. The number of nitrogens with zero attached hydrogens (tertiary/aromatic N) is 1. The molecule has 2 aromatic rings. The van der Waals surface area contributed by atoms with Crippen molar-refractivity contribution < 1.29 is 4.74 Å². The van der Waals surface area contributed by atoms with E-state index in [1.54, 1.807) is 13.3 Å². The van der Waals surface area contributed by atoms with Gasteiger partial charge in [0.25, 0.3) is 0 Å². The summed E-state index contributed by atoms with van der Waals surface area (Å²) in [4.78, 5) is 3.98. The van der Waals surface area contributed by atoms with Gasteiger partial charge in [-0.2, -0.15) is 0 Å². The van der Waals surface area contributed by atoms with Crippen LogP contribution >= 0.6 is 0 Å². The molecule has 1 atom stereocenters. The summed E-state index contributed by atoms with van der Waals surface area (Å²) in [7, 11) is 1.65. The van der Waals surface area contributed by atoms with Crippen LogP contribution in [0.2, 0.25) is 0 Å². The standard InChI is InChI=1S/C14H18N4O/c1-19-12-4-2-11(3-5-12)13(18-16)8-10-6-7-17-14(15)9-10/h2-7,9,13,18H,8,16H2,1H3,(H2,15,17). The normalized spacial score (nSPS) is 12.1. The summed E-state index contributed by atoms with van der Waals surface area (Å²) >= 11 is 0. The summed E-state index contributed by atoms with van der Waals surface area (Å²) in [6, 6.07) is 11.6. The molecule has 100 valence electrons. The third-order valence-corrected chi connectivity index (χ3v) is 3.00. The van der Waals surface area contributed by atoms with Crippen LogP contribution in [0.15, 0.2) is 42.6 Å². The zero-order chi connectivity index (χ0) is 13.7. The predicted molar refractivity (Wildman–Crippen MR) is 75.4 cm³/mol. The maximum Gasteiger partial charge on any atom is 0.123 e. The summed E-state index contributed by atoms with van der Waals surface area (Å²) in [5, 5.41) is 0. The molecule has 0 spiro atoms. The van der Waals surface area contributed by atoms with E-state index in [2.05, 4.69) is 10.4 Å². The number of pyridine rings is 1. The van der Waals surface area contributed by atoms with Crippen LogP contribution < -0.4 is 21.7 Å². The maximum absolute atomic E-state index is 5.67. The maximum atomic E-state index is 5.67. The van der Waals surface area contributed by atoms with Gasteiger partial charge in [-0.1, -0.05) is 12.1 Å². The Balaban J connectivity index is 2.15. The molecule has 0 aliphatic rings. The first-order valence-electron chi connectivity index (χ1n) is 6.03. The highest BCUT2D eigenvalue weighted by molar-refractivity contribution is 5.34. The third-order valence-electron chi connectivity index (χ3n) is 3.00. The van der Waals surface area contributed by atoms with Gasteiger partial charge in [0.05, 0.1) is 7.11 Å². The van der Waals surface area contributed by atoms with Crippen LogP contribution in [-0.4, -0.2) is 12.1 Å². The lowest BCUT2D eigenvalue weighted by atomic mass is 10.00. The lowest BCUT2D eigenvalue weighted by Gasteiger charge is -2.17. The molecule has 0 aliphatic heterocycles. The first kappa shape index (κ1) is 13.3. The van der Waals surface area contributed by atoms with Crippen molar-refractivity contribution in [2.24, 2.45) is 5.84 Å². The third kappa shape index (κ3) is 3.43. The van der Waals surface area contributed by atoms with Crippen molar-refractivity contribution in [3.05, 3.63) is 53.7 Å². The molecule has 1 heterocycles. The quantitative estimate of drug-likeness (QED) is 0.558. The molecule has 0 amide bonds. The van der Waals surface area contributed by atoms with Crippen LogP contribution in [0.4, 0.5) is 5.82 Å². The Morgan fingerprint density at radius 1 is 1.26 bits per heavy atom. The average molecular weight is 258 g/mol. The minimum absolute atomic E-state index is 0.0210. The summed E-state index contributed by atoms with van der Waals surface area (Å²) < 4.78 is 5.14. The highest BCUT2D eigenvalue weighted by Gasteiger charge is 2.11. The van der Waals surface area contributed by atoms with E-state index in [-0.39, 0.29) is 6.04 Å². The van der Waals surface area contributed by atoms with Crippen molar-refractivity contribution in [2.75, 3.05) is 12.8 Å². The number of nitrogens with one attached hydrogen (secondary N) is 1. The number of nitrogens with two attached hydrogens (primary N) is 2. The Morgan fingerprint density at radius 3 is 2.58 bits per heavy atom. The summed E-state index contributed by atoms with van der Waals surface area (Å²) in [6.45, 7) is 0. The van der Waals surface area contributed by atoms with Crippen molar-refractivity contribution in [2.45, 2.75) is 12.5 Å². The molecule has 0 saturated carbocycles. The fourth-order valence-corrected chi connectivity index (χ4v) is 1.97. The number of aromatic nitrogens is 1. The van der Waals surface area contributed by atoms with Gasteiger partial charge >= 0.3 is 0 Å². The second-order valence-electron chi connectivity index (χ2n) is 4.29. The first-order chi connectivity index (χ1) is 9.22. The molecule has 0 fully saturated rings. The summed E-state index contributed by atoms with van der Waals surface area (Å²) in [6.07, 6.45) is 2.45. The van der Waals surface area contributed by atoms with Crippen LogP contribution in [0.1, 0.15) is 17.2 Å². The molecule has 0 radical (unpaired) electrons. The number of anilines is 1. The van der Waals surface area contributed by atoms with Crippen molar-refractivity contribution in [3.63, 3.8) is 0 Å². The number of benzene rings is 1. The first-order valence-corrected chi connectivity index (χ1v) is 6.03. The van der Waals surface area contributed by atoms with Gasteiger partial charge in [0.15, 0.2) is 0 Å². The van der Waals surface area contributed by atoms with Crippen LogP contribution in [0.3, 0.4) is 0 Å². The molecule has 1 unspecified atom stereocenters. The molecule has 5 N–H and O–H groups in total. The highest BCUT2D eigenvalue weighted by atomic mass is 16.5. The van der Waals surface area contributed by atoms with Gasteiger partial charge in [-0.3, -0.25) is 11.3 Å². The van der Waals surface area contributed by atoms with E-state index in [9.17, 15) is 0 Å². The number of ether oxygens (including phenoxy) is 1. The topological polar surface area (TPSA) is 86.2 Å². The molecule has 1 aromatic carbocycles. The smallest absolute Gasteiger partial charge is 0.123 e. The molecule has 2 rings (SSSR count). The lowest BCUT2D eigenvalue weighted by molar-refractivity contribution is 0.414. The molecule has 19 heavy (non-hydrogen) atoms. The predicted octanol–water partition coefficient (Wildman–Crippen LogP) is 1.42. The van der Waals surface area contributed by atoms with E-state index < -0.39 is 0 Å². The van der Waals surface area contributed by atoms with Gasteiger partial charge in [0.2, 0.25) is 0 Å². The fourth-order valence-electron chi connectivity index (χ4n) is 1.97. The molecule has 5 nitrogen and oxygen atoms in total. The Hall–Kier alpha value is -2.11. The van der Waals surface area contributed by atoms with Gasteiger partial charge < -0.3 is 10.5 Å². The second kappa shape index (κ2) is 6.17. The van der Waals surface area contributed by atoms with Crippen LogP contribution in [0.5, 0.6) is 5.75 Å². The van der Waals surface area contributed by atoms with Gasteiger partial charge in [0.1, 0.15) is 11.6 Å². The van der Waals surface area contributed by atoms with E-state index in [0.29, 0.717) is 5.82 Å². The van der Waals surface area contributed by atoms with Crippen LogP contribution in [0.25, 0.3) is 0 Å². The Labute approximate surface area is 112 Å². The van der Waals surface area contributed by atoms with Crippen molar-refractivity contribution in [1.29, 1.82) is 0 Å². The number of rotatable bonds is 5. The molecule has 0 saturated heterocycles. The number of methoxy groups -OCH3 is 1. The number of hydrogen-bond donors (Lipinski definition) is 3. The van der Waals surface area contributed by atoms with Crippen LogP contribution in [-0.2, 0) is 6.42 Å². The number of hydrogen-bond acceptors (Lipinski definition) is 5. The van der Waals surface area contributed by atoms with Crippen molar-refractivity contribution in [3.8, 4) is 5.75 Å². The van der Waals surface area contributed by atoms with Crippen molar-refractivity contribution >= 4 is 5.82 Å². The zero-order valence-electron chi connectivity index (χ0n) is 10.8. The van der Waals surface area contributed by atoms with Gasteiger partial charge in [-0.15, -0.1) is 0 Å². The van der Waals surface area contributed by atoms with E-state index in [1.807, 2.05) is 36.4 Å². The monoisotopic (exact) mass is 258 g/mol. The molecule has 0 aliphatic carbocycles. The average Bonchev–Trinajstić information content (AvgIpc) is 2.45. The fraction of sp³-hybridized carbons (Fsp3) is 0.214. The SMILES string of the molecule is COc1ccc(C(Cc2ccnc(N)c2)NN)cc1. The Kier molecular flexibility index (Phi) is 4.33. The lowest BCUT2D eigenvalue weighted by Crippen LogP contribution is -2.29. The van der Waals surface area contributed by atoms with E-state index >= 15 is 0 Å². The van der Waals surface area contributed by atoms with Gasteiger partial charge in [-0.05, 0) is 41.8 Å².